The van der Waals surface area contributed by atoms with Crippen LogP contribution < -0.4 is 10.1 Å². The fraction of sp³-hybridized carbons (Fsp3) is 0.0667. The number of methoxy groups -OCH3 is 1. The lowest BCUT2D eigenvalue weighted by Gasteiger charge is -1.99. The van der Waals surface area contributed by atoms with Gasteiger partial charge < -0.3 is 15.0 Å². The molecule has 0 aliphatic carbocycles. The van der Waals surface area contributed by atoms with Gasteiger partial charge in [0, 0.05) is 17.1 Å². The predicted molar refractivity (Wildman–Crippen MR) is 90.3 cm³/mol. The fourth-order valence-corrected chi connectivity index (χ4v) is 3.06. The summed E-state index contributed by atoms with van der Waals surface area (Å²) in [6.45, 7) is 0. The standard InChI is InChI=1S/C15H12N2O2S2/c1-19-10-5-6-12-11(7-10)9(8-16-12)3-2-4-13-14(18)17-15(20)21-13/h2-8,16H,1H3,(H,17,18,20). The molecule has 2 N–H and O–H groups in total. The Labute approximate surface area is 131 Å². The lowest BCUT2D eigenvalue weighted by Crippen LogP contribution is -2.17. The average Bonchev–Trinajstić information content (AvgIpc) is 3.02. The molecule has 1 fully saturated rings. The Morgan fingerprint density at radius 3 is 2.95 bits per heavy atom. The van der Waals surface area contributed by atoms with Gasteiger partial charge in [-0.05, 0) is 29.8 Å². The number of fused-ring (bicyclic) bond motifs is 1. The Morgan fingerprint density at radius 2 is 2.24 bits per heavy atom. The van der Waals surface area contributed by atoms with Crippen molar-refractivity contribution >= 4 is 51.2 Å². The van der Waals surface area contributed by atoms with E-state index < -0.39 is 0 Å². The summed E-state index contributed by atoms with van der Waals surface area (Å²) in [5, 5.41) is 3.66. The minimum Gasteiger partial charge on any atom is -0.497 e. The number of thiocarbonyl (C=S) groups is 1. The quantitative estimate of drug-likeness (QED) is 0.674. The van der Waals surface area contributed by atoms with Gasteiger partial charge in [0.15, 0.2) is 0 Å². The third-order valence-electron chi connectivity index (χ3n) is 3.09. The maximum Gasteiger partial charge on any atom is 0.263 e. The van der Waals surface area contributed by atoms with Crippen molar-refractivity contribution in [1.82, 2.24) is 10.3 Å². The van der Waals surface area contributed by atoms with E-state index in [2.05, 4.69) is 10.3 Å². The normalized spacial score (nSPS) is 17.1. The van der Waals surface area contributed by atoms with Crippen LogP contribution in [0.4, 0.5) is 0 Å². The first kappa shape index (κ1) is 13.9. The second-order valence-corrected chi connectivity index (χ2v) is 6.11. The first-order valence-electron chi connectivity index (χ1n) is 6.24. The van der Waals surface area contributed by atoms with Crippen LogP contribution in [0.1, 0.15) is 5.56 Å². The number of benzene rings is 1. The Bertz CT molecular complexity index is 790. The molecule has 2 aromatic rings. The van der Waals surface area contributed by atoms with Gasteiger partial charge in [0.25, 0.3) is 5.91 Å². The summed E-state index contributed by atoms with van der Waals surface area (Å²) in [6.07, 6.45) is 7.47. The molecule has 106 valence electrons. The Balaban J connectivity index is 1.88. The maximum absolute atomic E-state index is 11.5. The molecule has 1 amide bonds. The molecule has 1 aliphatic rings. The van der Waals surface area contributed by atoms with Crippen molar-refractivity contribution in [2.24, 2.45) is 0 Å². The number of rotatable bonds is 3. The molecular formula is C15H12N2O2S2. The Kier molecular flexibility index (Phi) is 3.81. The van der Waals surface area contributed by atoms with Crippen LogP contribution in [0, 0.1) is 0 Å². The van der Waals surface area contributed by atoms with Gasteiger partial charge in [0.1, 0.15) is 10.1 Å². The zero-order valence-electron chi connectivity index (χ0n) is 11.2. The van der Waals surface area contributed by atoms with Crippen LogP contribution >= 0.6 is 24.0 Å². The van der Waals surface area contributed by atoms with Gasteiger partial charge in [-0.25, -0.2) is 0 Å². The second kappa shape index (κ2) is 5.75. The van der Waals surface area contributed by atoms with E-state index >= 15 is 0 Å². The molecular weight excluding hydrogens is 304 g/mol. The molecule has 0 saturated carbocycles. The van der Waals surface area contributed by atoms with Gasteiger partial charge in [0.05, 0.1) is 12.0 Å². The van der Waals surface area contributed by atoms with Crippen LogP contribution in [0.15, 0.2) is 41.5 Å². The van der Waals surface area contributed by atoms with Crippen molar-refractivity contribution in [3.05, 3.63) is 47.0 Å². The molecule has 0 bridgehead atoms. The van der Waals surface area contributed by atoms with E-state index in [1.807, 2.05) is 36.5 Å². The molecule has 1 aromatic heterocycles. The second-order valence-electron chi connectivity index (χ2n) is 4.39. The minimum absolute atomic E-state index is 0.143. The van der Waals surface area contributed by atoms with E-state index in [9.17, 15) is 4.79 Å². The van der Waals surface area contributed by atoms with Crippen LogP contribution in [0.2, 0.25) is 0 Å². The van der Waals surface area contributed by atoms with E-state index in [4.69, 9.17) is 17.0 Å². The highest BCUT2D eigenvalue weighted by molar-refractivity contribution is 8.26. The van der Waals surface area contributed by atoms with E-state index in [0.717, 1.165) is 22.2 Å². The third-order valence-corrected chi connectivity index (χ3v) is 4.27. The highest BCUT2D eigenvalue weighted by Gasteiger charge is 2.20. The van der Waals surface area contributed by atoms with Gasteiger partial charge in [-0.15, -0.1) is 0 Å². The smallest absolute Gasteiger partial charge is 0.263 e. The summed E-state index contributed by atoms with van der Waals surface area (Å²) >= 11 is 6.21. The van der Waals surface area contributed by atoms with E-state index in [1.165, 1.54) is 11.8 Å². The fourth-order valence-electron chi connectivity index (χ4n) is 2.06. The monoisotopic (exact) mass is 316 g/mol. The summed E-state index contributed by atoms with van der Waals surface area (Å²) in [5.74, 6) is 0.668. The summed E-state index contributed by atoms with van der Waals surface area (Å²) in [4.78, 5) is 15.3. The molecule has 6 heteroatoms. The lowest BCUT2D eigenvalue weighted by atomic mass is 10.1. The van der Waals surface area contributed by atoms with Crippen LogP contribution in [-0.2, 0) is 4.79 Å². The molecule has 3 rings (SSSR count). The number of allylic oxidation sites excluding steroid dienone is 2. The van der Waals surface area contributed by atoms with E-state index in [0.29, 0.717) is 9.23 Å². The summed E-state index contributed by atoms with van der Waals surface area (Å²) < 4.78 is 5.73. The number of aromatic nitrogens is 1. The number of H-pyrrole nitrogens is 1. The van der Waals surface area contributed by atoms with E-state index in [1.54, 1.807) is 13.2 Å². The van der Waals surface area contributed by atoms with Crippen LogP contribution in [0.3, 0.4) is 0 Å². The number of thioether (sulfide) groups is 1. The summed E-state index contributed by atoms with van der Waals surface area (Å²) in [7, 11) is 1.65. The summed E-state index contributed by atoms with van der Waals surface area (Å²) in [6, 6.07) is 5.86. The van der Waals surface area contributed by atoms with Gasteiger partial charge >= 0.3 is 0 Å². The van der Waals surface area contributed by atoms with Crippen molar-refractivity contribution in [1.29, 1.82) is 0 Å². The largest absolute Gasteiger partial charge is 0.497 e. The SMILES string of the molecule is COc1ccc2[nH]cc(C=CC=C3SC(=S)NC3=O)c2c1. The lowest BCUT2D eigenvalue weighted by molar-refractivity contribution is -0.115. The molecule has 0 unspecified atom stereocenters. The topological polar surface area (TPSA) is 54.1 Å². The van der Waals surface area contributed by atoms with E-state index in [-0.39, 0.29) is 5.91 Å². The number of hydrogen-bond donors (Lipinski definition) is 2. The van der Waals surface area contributed by atoms with Crippen LogP contribution in [0.5, 0.6) is 5.75 Å². The Hall–Kier alpha value is -2.05. The van der Waals surface area contributed by atoms with Crippen molar-refractivity contribution in [3.63, 3.8) is 0 Å². The molecule has 1 aromatic carbocycles. The van der Waals surface area contributed by atoms with Gasteiger partial charge in [-0.3, -0.25) is 4.79 Å². The van der Waals surface area contributed by atoms with Gasteiger partial charge in [0.2, 0.25) is 0 Å². The van der Waals surface area contributed by atoms with Gasteiger partial charge in [-0.1, -0.05) is 36.1 Å². The zero-order chi connectivity index (χ0) is 14.8. The first-order valence-corrected chi connectivity index (χ1v) is 7.46. The molecule has 2 heterocycles. The van der Waals surface area contributed by atoms with Crippen LogP contribution in [-0.4, -0.2) is 22.3 Å². The minimum atomic E-state index is -0.143. The summed E-state index contributed by atoms with van der Waals surface area (Å²) in [5.41, 5.74) is 2.07. The third kappa shape index (κ3) is 2.86. The average molecular weight is 316 g/mol. The molecule has 1 saturated heterocycles. The molecule has 21 heavy (non-hydrogen) atoms. The number of aromatic amines is 1. The van der Waals surface area contributed by atoms with Crippen molar-refractivity contribution in [2.75, 3.05) is 7.11 Å². The van der Waals surface area contributed by atoms with Crippen molar-refractivity contribution in [3.8, 4) is 5.75 Å². The molecule has 0 radical (unpaired) electrons. The zero-order valence-corrected chi connectivity index (χ0v) is 12.8. The molecule has 1 aliphatic heterocycles. The number of ether oxygens (including phenoxy) is 1. The first-order chi connectivity index (χ1) is 10.2. The van der Waals surface area contributed by atoms with Crippen LogP contribution in [0.25, 0.3) is 17.0 Å². The number of carbonyl (C=O) groups excluding carboxylic acids is 1. The highest BCUT2D eigenvalue weighted by atomic mass is 32.2. The van der Waals surface area contributed by atoms with Gasteiger partial charge in [-0.2, -0.15) is 0 Å². The molecule has 0 spiro atoms. The highest BCUT2D eigenvalue weighted by Crippen LogP contribution is 2.26. The number of amides is 1. The maximum atomic E-state index is 11.5. The Morgan fingerprint density at radius 1 is 1.38 bits per heavy atom. The van der Waals surface area contributed by atoms with Crippen molar-refractivity contribution in [2.45, 2.75) is 0 Å². The molecule has 0 atom stereocenters. The number of nitrogens with one attached hydrogen (secondary N) is 2. The molecule has 4 nitrogen and oxygen atoms in total. The number of carbonyl (C=O) groups is 1. The number of hydrogen-bond acceptors (Lipinski definition) is 4. The van der Waals surface area contributed by atoms with Crippen molar-refractivity contribution < 1.29 is 9.53 Å². The predicted octanol–water partition coefficient (Wildman–Crippen LogP) is 3.22.